The van der Waals surface area contributed by atoms with Crippen LogP contribution in [0.5, 0.6) is 5.75 Å². The molecule has 1 aromatic rings. The van der Waals surface area contributed by atoms with Gasteiger partial charge in [-0.3, -0.25) is 9.59 Å². The molecule has 0 spiro atoms. The highest BCUT2D eigenvalue weighted by atomic mass is 32.2. The number of nitrogens with one attached hydrogen (secondary N) is 1. The molecule has 3 N–H and O–H groups in total. The number of alkyl halides is 3. The van der Waals surface area contributed by atoms with Gasteiger partial charge in [0.1, 0.15) is 5.75 Å². The van der Waals surface area contributed by atoms with Gasteiger partial charge in [0, 0.05) is 18.7 Å². The van der Waals surface area contributed by atoms with Crippen LogP contribution in [0.3, 0.4) is 0 Å². The second-order valence-electron chi connectivity index (χ2n) is 8.10. The average Bonchev–Trinajstić information content (AvgIpc) is 2.75. The van der Waals surface area contributed by atoms with Crippen molar-refractivity contribution < 1.29 is 35.9 Å². The van der Waals surface area contributed by atoms with E-state index in [9.17, 15) is 31.2 Å². The van der Waals surface area contributed by atoms with Gasteiger partial charge in [0.05, 0.1) is 12.4 Å². The zero-order chi connectivity index (χ0) is 24.5. The van der Waals surface area contributed by atoms with Crippen LogP contribution >= 0.6 is 0 Å². The zero-order valence-corrected chi connectivity index (χ0v) is 19.1. The van der Waals surface area contributed by atoms with E-state index in [1.165, 1.54) is 23.5 Å². The molecule has 1 aliphatic rings. The Balaban J connectivity index is 1.95. The summed E-state index contributed by atoms with van der Waals surface area (Å²) >= 11 is 0. The number of amides is 2. The largest absolute Gasteiger partial charge is 0.573 e. The van der Waals surface area contributed by atoms with Gasteiger partial charge in [0.15, 0.2) is 0 Å². The molecular formula is C21H30F3N3O5S. The van der Waals surface area contributed by atoms with E-state index in [1.807, 2.05) is 0 Å². The SMILES string of the molecule is NC(=O)S(=O)(=O)CCCN(CNc1ccc(OC(F)(F)F)cc1)C(=O)CCC1CCCCC1. The molecule has 1 aliphatic carbocycles. The van der Waals surface area contributed by atoms with Gasteiger partial charge in [-0.05, 0) is 43.0 Å². The number of sulfone groups is 1. The number of ether oxygens (including phenoxy) is 1. The fourth-order valence-electron chi connectivity index (χ4n) is 3.76. The highest BCUT2D eigenvalue weighted by molar-refractivity contribution is 8.05. The van der Waals surface area contributed by atoms with E-state index in [1.54, 1.807) is 0 Å². The summed E-state index contributed by atoms with van der Waals surface area (Å²) in [4.78, 5) is 25.2. The molecule has 12 heteroatoms. The first-order valence-corrected chi connectivity index (χ1v) is 12.5. The molecule has 0 bridgehead atoms. The summed E-state index contributed by atoms with van der Waals surface area (Å²) in [6.07, 6.45) is 2.01. The molecule has 1 fully saturated rings. The molecule has 0 radical (unpaired) electrons. The minimum Gasteiger partial charge on any atom is -0.406 e. The summed E-state index contributed by atoms with van der Waals surface area (Å²) in [5.74, 6) is -0.515. The Morgan fingerprint density at radius 3 is 2.33 bits per heavy atom. The number of rotatable bonds is 11. The average molecular weight is 494 g/mol. The minimum absolute atomic E-state index is 0.0274. The lowest BCUT2D eigenvalue weighted by Crippen LogP contribution is -2.37. The second-order valence-corrected chi connectivity index (χ2v) is 10.1. The quantitative estimate of drug-likeness (QED) is 0.450. The molecule has 2 rings (SSSR count). The predicted molar refractivity (Wildman–Crippen MR) is 117 cm³/mol. The number of halogens is 3. The van der Waals surface area contributed by atoms with Crippen LogP contribution in [0, 0.1) is 5.92 Å². The summed E-state index contributed by atoms with van der Waals surface area (Å²) in [5.41, 5.74) is 5.32. The minimum atomic E-state index is -4.79. The highest BCUT2D eigenvalue weighted by Gasteiger charge is 2.31. The van der Waals surface area contributed by atoms with Gasteiger partial charge in [-0.2, -0.15) is 0 Å². The van der Waals surface area contributed by atoms with Crippen molar-refractivity contribution in [1.29, 1.82) is 0 Å². The first kappa shape index (κ1) is 26.7. The molecule has 1 saturated carbocycles. The van der Waals surface area contributed by atoms with Gasteiger partial charge in [-0.15, -0.1) is 13.2 Å². The smallest absolute Gasteiger partial charge is 0.406 e. The Morgan fingerprint density at radius 2 is 1.76 bits per heavy atom. The number of nitrogens with two attached hydrogens (primary N) is 1. The van der Waals surface area contributed by atoms with Crippen LogP contribution < -0.4 is 15.8 Å². The Kier molecular flexibility index (Phi) is 9.81. The number of nitrogens with zero attached hydrogens (tertiary/aromatic N) is 1. The Labute approximate surface area is 191 Å². The second kappa shape index (κ2) is 12.1. The van der Waals surface area contributed by atoms with Crippen LogP contribution in [0.2, 0.25) is 0 Å². The van der Waals surface area contributed by atoms with E-state index >= 15 is 0 Å². The van der Waals surface area contributed by atoms with Gasteiger partial charge in [0.2, 0.25) is 15.7 Å². The standard InChI is InChI=1S/C21H30F3N3O5S/c22-21(23,24)32-18-10-8-17(9-11-18)26-15-27(13-4-14-33(30,31)20(25)29)19(28)12-7-16-5-2-1-3-6-16/h8-11,16,26H,1-7,12-15H2,(H2,25,29). The molecule has 8 nitrogen and oxygen atoms in total. The third-order valence-corrected chi connectivity index (χ3v) is 6.99. The summed E-state index contributed by atoms with van der Waals surface area (Å²) in [7, 11) is -4.06. The third kappa shape index (κ3) is 9.89. The lowest BCUT2D eigenvalue weighted by Gasteiger charge is -2.26. The van der Waals surface area contributed by atoms with Crippen molar-refractivity contribution >= 4 is 26.7 Å². The fourth-order valence-corrected chi connectivity index (χ4v) is 4.47. The lowest BCUT2D eigenvalue weighted by molar-refractivity contribution is -0.274. The molecule has 0 aromatic heterocycles. The molecule has 0 heterocycles. The summed E-state index contributed by atoms with van der Waals surface area (Å²) < 4.78 is 64.0. The van der Waals surface area contributed by atoms with Crippen LogP contribution in [0.15, 0.2) is 24.3 Å². The van der Waals surface area contributed by atoms with Gasteiger partial charge in [-0.1, -0.05) is 32.1 Å². The summed E-state index contributed by atoms with van der Waals surface area (Å²) in [6, 6.07) is 5.04. The van der Waals surface area contributed by atoms with Crippen molar-refractivity contribution in [3.8, 4) is 5.75 Å². The first-order valence-electron chi connectivity index (χ1n) is 10.9. The van der Waals surface area contributed by atoms with E-state index in [0.717, 1.165) is 44.2 Å². The van der Waals surface area contributed by atoms with Crippen LogP contribution in [-0.2, 0) is 14.6 Å². The Hall–Kier alpha value is -2.50. The monoisotopic (exact) mass is 493 g/mol. The van der Waals surface area contributed by atoms with Crippen molar-refractivity contribution in [2.75, 3.05) is 24.3 Å². The molecule has 0 aliphatic heterocycles. The van der Waals surface area contributed by atoms with Crippen LogP contribution in [0.4, 0.5) is 23.7 Å². The first-order chi connectivity index (χ1) is 15.5. The lowest BCUT2D eigenvalue weighted by atomic mass is 9.86. The number of benzene rings is 1. The molecule has 186 valence electrons. The predicted octanol–water partition coefficient (Wildman–Crippen LogP) is 4.03. The number of hydrogen-bond acceptors (Lipinski definition) is 6. The van der Waals surface area contributed by atoms with Gasteiger partial charge >= 0.3 is 11.6 Å². The number of carbonyl (C=O) groups is 2. The molecular weight excluding hydrogens is 463 g/mol. The number of hydrogen-bond donors (Lipinski definition) is 2. The number of anilines is 1. The van der Waals surface area contributed by atoms with Crippen molar-refractivity contribution in [2.24, 2.45) is 11.7 Å². The molecule has 0 atom stereocenters. The number of carbonyl (C=O) groups excluding carboxylic acids is 2. The van der Waals surface area contributed by atoms with Crippen molar-refractivity contribution in [1.82, 2.24) is 4.90 Å². The topological polar surface area (TPSA) is 119 Å². The molecule has 1 aromatic carbocycles. The van der Waals surface area contributed by atoms with E-state index in [2.05, 4.69) is 10.1 Å². The van der Waals surface area contributed by atoms with Gasteiger partial charge in [-0.25, -0.2) is 8.42 Å². The van der Waals surface area contributed by atoms with Crippen LogP contribution in [-0.4, -0.2) is 49.8 Å². The van der Waals surface area contributed by atoms with Crippen LogP contribution in [0.25, 0.3) is 0 Å². The van der Waals surface area contributed by atoms with Crippen molar-refractivity contribution in [3.05, 3.63) is 24.3 Å². The van der Waals surface area contributed by atoms with Crippen molar-refractivity contribution in [2.45, 2.75) is 57.7 Å². The van der Waals surface area contributed by atoms with Gasteiger partial charge < -0.3 is 20.7 Å². The molecule has 2 amide bonds. The third-order valence-electron chi connectivity index (χ3n) is 5.55. The molecule has 33 heavy (non-hydrogen) atoms. The van der Waals surface area contributed by atoms with Gasteiger partial charge in [0.25, 0.3) is 0 Å². The Bertz CT molecular complexity index is 885. The van der Waals surface area contributed by atoms with E-state index < -0.39 is 27.2 Å². The maximum Gasteiger partial charge on any atom is 0.573 e. The van der Waals surface area contributed by atoms with E-state index in [0.29, 0.717) is 18.0 Å². The number of primary amides is 1. The molecule has 0 unspecified atom stereocenters. The fraction of sp³-hybridized carbons (Fsp3) is 0.619. The zero-order valence-electron chi connectivity index (χ0n) is 18.3. The maximum atomic E-state index is 12.8. The van der Waals surface area contributed by atoms with Crippen LogP contribution in [0.1, 0.15) is 51.4 Å². The highest BCUT2D eigenvalue weighted by Crippen LogP contribution is 2.28. The Morgan fingerprint density at radius 1 is 1.12 bits per heavy atom. The summed E-state index contributed by atoms with van der Waals surface area (Å²) in [5, 5.41) is 1.55. The molecule has 0 saturated heterocycles. The normalized spacial score (nSPS) is 15.1. The summed E-state index contributed by atoms with van der Waals surface area (Å²) in [6.45, 7) is 0.109. The maximum absolute atomic E-state index is 12.8. The van der Waals surface area contributed by atoms with E-state index in [-0.39, 0.29) is 31.3 Å². The van der Waals surface area contributed by atoms with Crippen molar-refractivity contribution in [3.63, 3.8) is 0 Å². The van der Waals surface area contributed by atoms with E-state index in [4.69, 9.17) is 5.73 Å².